The molecule has 0 saturated heterocycles. The lowest BCUT2D eigenvalue weighted by Gasteiger charge is -2.12. The van der Waals surface area contributed by atoms with Crippen LogP contribution >= 0.6 is 0 Å². The predicted octanol–water partition coefficient (Wildman–Crippen LogP) is 2.93. The molecular weight excluding hydrogens is 252 g/mol. The van der Waals surface area contributed by atoms with Crippen LogP contribution in [0.25, 0.3) is 0 Å². The molecular formula is C15H20N4O. The number of pyridine rings is 1. The zero-order valence-corrected chi connectivity index (χ0v) is 12.1. The van der Waals surface area contributed by atoms with Crippen LogP contribution in [0.2, 0.25) is 0 Å². The number of rotatable bonds is 7. The van der Waals surface area contributed by atoms with Crippen LogP contribution in [0.15, 0.2) is 0 Å². The summed E-state index contributed by atoms with van der Waals surface area (Å²) in [6.07, 6.45) is 4.92. The molecule has 0 aliphatic carbocycles. The summed E-state index contributed by atoms with van der Waals surface area (Å²) in [5.41, 5.74) is 7.11. The van der Waals surface area contributed by atoms with Gasteiger partial charge in [-0.15, -0.1) is 0 Å². The van der Waals surface area contributed by atoms with Crippen LogP contribution in [-0.2, 0) is 6.42 Å². The first-order valence-electron chi connectivity index (χ1n) is 6.94. The third-order valence-electron chi connectivity index (χ3n) is 3.08. The van der Waals surface area contributed by atoms with Crippen molar-refractivity contribution in [2.45, 2.75) is 46.0 Å². The number of hydrogen-bond donors (Lipinski definition) is 1. The van der Waals surface area contributed by atoms with Gasteiger partial charge in [0.25, 0.3) is 0 Å². The van der Waals surface area contributed by atoms with Gasteiger partial charge < -0.3 is 10.5 Å². The summed E-state index contributed by atoms with van der Waals surface area (Å²) in [6.45, 7) is 4.36. The lowest BCUT2D eigenvalue weighted by Crippen LogP contribution is -2.08. The zero-order chi connectivity index (χ0) is 15.0. The van der Waals surface area contributed by atoms with Gasteiger partial charge in [-0.3, -0.25) is 0 Å². The highest BCUT2D eigenvalue weighted by Gasteiger charge is 2.19. The molecule has 0 amide bonds. The molecule has 0 atom stereocenters. The second kappa shape index (κ2) is 8.01. The van der Waals surface area contributed by atoms with Crippen LogP contribution in [0.3, 0.4) is 0 Å². The number of nitrogens with zero attached hydrogens (tertiary/aromatic N) is 3. The van der Waals surface area contributed by atoms with Crippen LogP contribution < -0.4 is 10.5 Å². The first-order valence-corrected chi connectivity index (χ1v) is 6.94. The number of nitrogens with two attached hydrogens (primary N) is 1. The van der Waals surface area contributed by atoms with Crippen molar-refractivity contribution in [1.82, 2.24) is 4.98 Å². The van der Waals surface area contributed by atoms with Gasteiger partial charge in [0.05, 0.1) is 12.2 Å². The molecule has 0 spiro atoms. The van der Waals surface area contributed by atoms with Crippen molar-refractivity contribution in [3.05, 3.63) is 16.7 Å². The van der Waals surface area contributed by atoms with Gasteiger partial charge in [0.15, 0.2) is 0 Å². The minimum atomic E-state index is 0.139. The summed E-state index contributed by atoms with van der Waals surface area (Å²) in [6, 6.07) is 4.15. The summed E-state index contributed by atoms with van der Waals surface area (Å²) < 4.78 is 5.35. The van der Waals surface area contributed by atoms with E-state index in [9.17, 15) is 10.5 Å². The fourth-order valence-corrected chi connectivity index (χ4v) is 2.09. The number of hydrogen-bond acceptors (Lipinski definition) is 5. The summed E-state index contributed by atoms with van der Waals surface area (Å²) in [4.78, 5) is 4.02. The number of aromatic nitrogens is 1. The Hall–Kier alpha value is -2.27. The Morgan fingerprint density at radius 2 is 1.80 bits per heavy atom. The van der Waals surface area contributed by atoms with E-state index < -0.39 is 0 Å². The first-order chi connectivity index (χ1) is 9.69. The fourth-order valence-electron chi connectivity index (χ4n) is 2.09. The predicted molar refractivity (Wildman–Crippen MR) is 77.1 cm³/mol. The number of nitrogen functional groups attached to an aromatic ring is 1. The van der Waals surface area contributed by atoms with Crippen molar-refractivity contribution in [3.63, 3.8) is 0 Å². The number of ether oxygens (including phenoxy) is 1. The van der Waals surface area contributed by atoms with Gasteiger partial charge in [0.1, 0.15) is 23.5 Å². The maximum absolute atomic E-state index is 9.32. The van der Waals surface area contributed by atoms with E-state index in [1.54, 1.807) is 0 Å². The van der Waals surface area contributed by atoms with E-state index in [4.69, 9.17) is 10.5 Å². The molecule has 1 aromatic rings. The third kappa shape index (κ3) is 3.61. The topological polar surface area (TPSA) is 95.7 Å². The molecule has 5 nitrogen and oxygen atoms in total. The van der Waals surface area contributed by atoms with Crippen LogP contribution in [0.5, 0.6) is 5.88 Å². The molecule has 0 unspecified atom stereocenters. The van der Waals surface area contributed by atoms with Crippen molar-refractivity contribution in [2.75, 3.05) is 12.3 Å². The molecule has 0 saturated carbocycles. The smallest absolute Gasteiger partial charge is 0.234 e. The monoisotopic (exact) mass is 272 g/mol. The van der Waals surface area contributed by atoms with Crippen molar-refractivity contribution < 1.29 is 4.74 Å². The molecule has 1 rings (SSSR count). The second-order valence-corrected chi connectivity index (χ2v) is 4.50. The lowest BCUT2D eigenvalue weighted by molar-refractivity contribution is 0.326. The SMILES string of the molecule is CCCCCCc1c(C#N)c(N)nc(OCC)c1C#N. The van der Waals surface area contributed by atoms with E-state index in [0.29, 0.717) is 29.7 Å². The van der Waals surface area contributed by atoms with Gasteiger partial charge in [-0.05, 0) is 25.3 Å². The maximum Gasteiger partial charge on any atom is 0.234 e. The normalized spacial score (nSPS) is 9.80. The number of anilines is 1. The molecule has 1 heterocycles. The molecule has 1 aromatic heterocycles. The van der Waals surface area contributed by atoms with Crippen molar-refractivity contribution >= 4 is 5.82 Å². The summed E-state index contributed by atoms with van der Waals surface area (Å²) in [5.74, 6) is 0.373. The Morgan fingerprint density at radius 1 is 1.10 bits per heavy atom. The minimum Gasteiger partial charge on any atom is -0.477 e. The van der Waals surface area contributed by atoms with Gasteiger partial charge in [-0.1, -0.05) is 26.2 Å². The van der Waals surface area contributed by atoms with Gasteiger partial charge in [0.2, 0.25) is 5.88 Å². The minimum absolute atomic E-state index is 0.139. The Kier molecular flexibility index (Phi) is 6.32. The van der Waals surface area contributed by atoms with E-state index in [1.165, 1.54) is 0 Å². The molecule has 0 aliphatic heterocycles. The standard InChI is InChI=1S/C15H20N4O/c1-3-5-6-7-8-11-12(9-16)14(18)19-15(20-4-2)13(11)10-17/h3-8H2,1-2H3,(H2,18,19). The molecule has 0 fully saturated rings. The summed E-state index contributed by atoms with van der Waals surface area (Å²) in [7, 11) is 0. The van der Waals surface area contributed by atoms with Gasteiger partial charge >= 0.3 is 0 Å². The average Bonchev–Trinajstić information content (AvgIpc) is 2.44. The number of unbranched alkanes of at least 4 members (excludes halogenated alkanes) is 3. The molecule has 20 heavy (non-hydrogen) atoms. The quantitative estimate of drug-likeness (QED) is 0.770. The molecule has 0 bridgehead atoms. The van der Waals surface area contributed by atoms with Crippen LogP contribution in [0.1, 0.15) is 56.2 Å². The van der Waals surface area contributed by atoms with Crippen molar-refractivity contribution in [2.24, 2.45) is 0 Å². The molecule has 0 aliphatic rings. The maximum atomic E-state index is 9.32. The lowest BCUT2D eigenvalue weighted by atomic mass is 9.98. The van der Waals surface area contributed by atoms with E-state index in [-0.39, 0.29) is 11.7 Å². The Bertz CT molecular complexity index is 540. The molecule has 2 N–H and O–H groups in total. The molecule has 106 valence electrons. The van der Waals surface area contributed by atoms with E-state index in [1.807, 2.05) is 6.92 Å². The van der Waals surface area contributed by atoms with Gasteiger partial charge in [-0.2, -0.15) is 15.5 Å². The highest BCUT2D eigenvalue weighted by molar-refractivity contribution is 5.62. The van der Waals surface area contributed by atoms with Crippen LogP contribution in [0, 0.1) is 22.7 Å². The summed E-state index contributed by atoms with van der Waals surface area (Å²) in [5, 5.41) is 18.5. The van der Waals surface area contributed by atoms with Crippen LogP contribution in [0.4, 0.5) is 5.82 Å². The highest BCUT2D eigenvalue weighted by Crippen LogP contribution is 2.28. The molecule has 5 heteroatoms. The molecule has 0 aromatic carbocycles. The Labute approximate surface area is 120 Å². The highest BCUT2D eigenvalue weighted by atomic mass is 16.5. The van der Waals surface area contributed by atoms with Crippen molar-refractivity contribution in [3.8, 4) is 18.0 Å². The third-order valence-corrected chi connectivity index (χ3v) is 3.08. The van der Waals surface area contributed by atoms with E-state index in [0.717, 1.165) is 25.7 Å². The second-order valence-electron chi connectivity index (χ2n) is 4.50. The fraction of sp³-hybridized carbons (Fsp3) is 0.533. The van der Waals surface area contributed by atoms with Gasteiger partial charge in [0, 0.05) is 0 Å². The van der Waals surface area contributed by atoms with Crippen LogP contribution in [-0.4, -0.2) is 11.6 Å². The summed E-state index contributed by atoms with van der Waals surface area (Å²) >= 11 is 0. The zero-order valence-electron chi connectivity index (χ0n) is 12.1. The average molecular weight is 272 g/mol. The Morgan fingerprint density at radius 3 is 2.35 bits per heavy atom. The number of nitriles is 2. The van der Waals surface area contributed by atoms with Crippen molar-refractivity contribution in [1.29, 1.82) is 10.5 Å². The Balaban J connectivity index is 3.16. The van der Waals surface area contributed by atoms with Gasteiger partial charge in [-0.25, -0.2) is 0 Å². The van der Waals surface area contributed by atoms with E-state index in [2.05, 4.69) is 24.0 Å². The molecule has 0 radical (unpaired) electrons. The first kappa shape index (κ1) is 15.8. The largest absolute Gasteiger partial charge is 0.477 e. The van der Waals surface area contributed by atoms with E-state index >= 15 is 0 Å².